The number of amides is 1. The average molecular weight is 419 g/mol. The van der Waals surface area contributed by atoms with Crippen molar-refractivity contribution in [3.63, 3.8) is 0 Å². The quantitative estimate of drug-likeness (QED) is 0.384. The van der Waals surface area contributed by atoms with Crippen LogP contribution in [0.3, 0.4) is 0 Å². The molecule has 0 saturated carbocycles. The Morgan fingerprint density at radius 1 is 1.07 bits per heavy atom. The van der Waals surface area contributed by atoms with Crippen molar-refractivity contribution in [2.24, 2.45) is 0 Å². The summed E-state index contributed by atoms with van der Waals surface area (Å²) in [6.07, 6.45) is 2.61. The zero-order valence-corrected chi connectivity index (χ0v) is 17.2. The number of benzene rings is 3. The number of nitriles is 1. The lowest BCUT2D eigenvalue weighted by molar-refractivity contribution is -0.112. The van der Waals surface area contributed by atoms with Crippen molar-refractivity contribution in [3.8, 4) is 6.07 Å². The van der Waals surface area contributed by atoms with Crippen molar-refractivity contribution < 1.29 is 9.18 Å². The predicted molar refractivity (Wildman–Crippen MR) is 119 cm³/mol. The number of para-hydroxylation sites is 1. The van der Waals surface area contributed by atoms with E-state index < -0.39 is 5.91 Å². The molecular weight excluding hydrogens is 399 g/mol. The fourth-order valence-corrected chi connectivity index (χ4v) is 3.35. The topological polar surface area (TPSA) is 52.9 Å². The van der Waals surface area contributed by atoms with Gasteiger partial charge in [-0.3, -0.25) is 4.79 Å². The zero-order chi connectivity index (χ0) is 21.5. The fourth-order valence-electron chi connectivity index (χ4n) is 3.10. The number of nitrogens with one attached hydrogen (secondary N) is 1. The first-order valence-corrected chi connectivity index (χ1v) is 9.92. The lowest BCUT2D eigenvalue weighted by Crippen LogP contribution is -2.14. The summed E-state index contributed by atoms with van der Waals surface area (Å²) in [5.41, 5.74) is 3.58. The lowest BCUT2D eigenvalue weighted by atomic mass is 10.0. The van der Waals surface area contributed by atoms with Gasteiger partial charge in [0.25, 0.3) is 5.91 Å². The van der Waals surface area contributed by atoms with Crippen LogP contribution in [0.4, 0.5) is 10.1 Å². The summed E-state index contributed by atoms with van der Waals surface area (Å²) in [4.78, 5) is 12.6. The number of aryl methyl sites for hydroxylation is 1. The van der Waals surface area contributed by atoms with E-state index in [1.54, 1.807) is 42.5 Å². The number of halogens is 2. The molecule has 0 bridgehead atoms. The Labute approximate surface area is 180 Å². The number of hydrogen-bond acceptors (Lipinski definition) is 2. The second-order valence-electron chi connectivity index (χ2n) is 6.75. The van der Waals surface area contributed by atoms with Crippen LogP contribution < -0.4 is 5.32 Å². The van der Waals surface area contributed by atoms with Crippen molar-refractivity contribution in [3.05, 3.63) is 105 Å². The molecule has 0 spiro atoms. The first-order chi connectivity index (χ1) is 14.5. The van der Waals surface area contributed by atoms with E-state index in [9.17, 15) is 14.4 Å². The fraction of sp³-hybridized carbons (Fsp3) is 0.120. The Bertz CT molecular complexity index is 1150. The van der Waals surface area contributed by atoms with E-state index in [1.807, 2.05) is 31.2 Å². The van der Waals surface area contributed by atoms with E-state index in [-0.39, 0.29) is 11.4 Å². The van der Waals surface area contributed by atoms with Gasteiger partial charge in [0, 0.05) is 17.1 Å². The van der Waals surface area contributed by atoms with Crippen molar-refractivity contribution in [1.82, 2.24) is 0 Å². The van der Waals surface area contributed by atoms with Gasteiger partial charge in [0.2, 0.25) is 0 Å². The van der Waals surface area contributed by atoms with Crippen LogP contribution in [0, 0.1) is 17.1 Å². The number of carbonyl (C=O) groups excluding carboxylic acids is 1. The maximum Gasteiger partial charge on any atom is 0.266 e. The van der Waals surface area contributed by atoms with Gasteiger partial charge in [-0.2, -0.15) is 5.26 Å². The van der Waals surface area contributed by atoms with Crippen LogP contribution in [-0.4, -0.2) is 5.91 Å². The second-order valence-corrected chi connectivity index (χ2v) is 7.16. The normalized spacial score (nSPS) is 11.1. The van der Waals surface area contributed by atoms with Gasteiger partial charge < -0.3 is 5.32 Å². The number of carbonyl (C=O) groups is 1. The molecule has 0 aliphatic carbocycles. The molecule has 0 fully saturated rings. The Kier molecular flexibility index (Phi) is 7.00. The SMILES string of the molecule is CCc1ccccc1NC(=O)/C(C#N)=C/c1ccc(Cc2ccccc2F)c(Cl)c1. The van der Waals surface area contributed by atoms with Gasteiger partial charge >= 0.3 is 0 Å². The molecule has 30 heavy (non-hydrogen) atoms. The predicted octanol–water partition coefficient (Wildman–Crippen LogP) is 6.18. The molecule has 1 amide bonds. The van der Waals surface area contributed by atoms with Gasteiger partial charge in [-0.05, 0) is 52.9 Å². The third-order valence-corrected chi connectivity index (χ3v) is 5.09. The van der Waals surface area contributed by atoms with Gasteiger partial charge in [0.1, 0.15) is 17.5 Å². The molecule has 0 aliphatic heterocycles. The van der Waals surface area contributed by atoms with Crippen LogP contribution in [0.5, 0.6) is 0 Å². The highest BCUT2D eigenvalue weighted by atomic mass is 35.5. The highest BCUT2D eigenvalue weighted by Crippen LogP contribution is 2.24. The van der Waals surface area contributed by atoms with Crippen LogP contribution in [0.1, 0.15) is 29.2 Å². The van der Waals surface area contributed by atoms with E-state index in [0.717, 1.165) is 17.5 Å². The molecule has 0 saturated heterocycles. The highest BCUT2D eigenvalue weighted by molar-refractivity contribution is 6.31. The van der Waals surface area contributed by atoms with Gasteiger partial charge in [0.15, 0.2) is 0 Å². The van der Waals surface area contributed by atoms with E-state index in [2.05, 4.69) is 5.32 Å². The molecule has 5 heteroatoms. The summed E-state index contributed by atoms with van der Waals surface area (Å²) in [7, 11) is 0. The third-order valence-electron chi connectivity index (χ3n) is 4.74. The van der Waals surface area contributed by atoms with E-state index in [4.69, 9.17) is 11.6 Å². The summed E-state index contributed by atoms with van der Waals surface area (Å²) in [5, 5.41) is 12.7. The molecule has 0 aliphatic rings. The summed E-state index contributed by atoms with van der Waals surface area (Å²) in [6.45, 7) is 2.00. The maximum absolute atomic E-state index is 13.9. The van der Waals surface area contributed by atoms with E-state index in [0.29, 0.717) is 28.3 Å². The van der Waals surface area contributed by atoms with Crippen molar-refractivity contribution in [1.29, 1.82) is 5.26 Å². The molecule has 0 aromatic heterocycles. The zero-order valence-electron chi connectivity index (χ0n) is 16.5. The van der Waals surface area contributed by atoms with Crippen LogP contribution in [-0.2, 0) is 17.6 Å². The lowest BCUT2D eigenvalue weighted by Gasteiger charge is -2.09. The van der Waals surface area contributed by atoms with E-state index in [1.165, 1.54) is 12.1 Å². The Balaban J connectivity index is 1.80. The monoisotopic (exact) mass is 418 g/mol. The number of nitrogens with zero attached hydrogens (tertiary/aromatic N) is 1. The van der Waals surface area contributed by atoms with Crippen molar-refractivity contribution >= 4 is 29.3 Å². The van der Waals surface area contributed by atoms with Gasteiger partial charge in [0.05, 0.1) is 0 Å². The number of rotatable bonds is 6. The molecule has 150 valence electrons. The molecule has 3 nitrogen and oxygen atoms in total. The van der Waals surface area contributed by atoms with Crippen molar-refractivity contribution in [2.45, 2.75) is 19.8 Å². The maximum atomic E-state index is 13.9. The van der Waals surface area contributed by atoms with Crippen LogP contribution >= 0.6 is 11.6 Å². The second kappa shape index (κ2) is 9.87. The third kappa shape index (κ3) is 5.14. The Hall–Kier alpha value is -3.42. The Morgan fingerprint density at radius 2 is 1.77 bits per heavy atom. The molecule has 0 unspecified atom stereocenters. The molecule has 3 aromatic rings. The van der Waals surface area contributed by atoms with Gasteiger partial charge in [-0.1, -0.05) is 67.1 Å². The first kappa shape index (κ1) is 21.3. The molecule has 3 rings (SSSR count). The molecule has 0 heterocycles. The largest absolute Gasteiger partial charge is 0.321 e. The number of hydrogen-bond donors (Lipinski definition) is 1. The number of anilines is 1. The first-order valence-electron chi connectivity index (χ1n) is 9.54. The van der Waals surface area contributed by atoms with Crippen LogP contribution in [0.15, 0.2) is 72.3 Å². The van der Waals surface area contributed by atoms with Gasteiger partial charge in [-0.15, -0.1) is 0 Å². The average Bonchev–Trinajstić information content (AvgIpc) is 2.75. The minimum atomic E-state index is -0.482. The molecular formula is C25H20ClFN2O. The summed E-state index contributed by atoms with van der Waals surface area (Å²) < 4.78 is 13.9. The van der Waals surface area contributed by atoms with E-state index >= 15 is 0 Å². The standard InChI is InChI=1S/C25H20ClFN2O/c1-2-18-7-4-6-10-24(18)29-25(30)21(16-28)13-17-11-12-19(22(26)14-17)15-20-8-3-5-9-23(20)27/h3-14H,2,15H2,1H3,(H,29,30)/b21-13+. The van der Waals surface area contributed by atoms with Crippen molar-refractivity contribution in [2.75, 3.05) is 5.32 Å². The minimum Gasteiger partial charge on any atom is -0.321 e. The molecule has 0 radical (unpaired) electrons. The molecule has 3 aromatic carbocycles. The van der Waals surface area contributed by atoms with Crippen LogP contribution in [0.2, 0.25) is 5.02 Å². The molecule has 1 N–H and O–H groups in total. The smallest absolute Gasteiger partial charge is 0.266 e. The summed E-state index contributed by atoms with van der Waals surface area (Å²) in [5.74, 6) is -0.765. The Morgan fingerprint density at radius 3 is 2.43 bits per heavy atom. The summed E-state index contributed by atoms with van der Waals surface area (Å²) in [6, 6.07) is 21.2. The van der Waals surface area contributed by atoms with Gasteiger partial charge in [-0.25, -0.2) is 4.39 Å². The van der Waals surface area contributed by atoms with Crippen LogP contribution in [0.25, 0.3) is 6.08 Å². The highest BCUT2D eigenvalue weighted by Gasteiger charge is 2.12. The minimum absolute atomic E-state index is 0.0289. The molecule has 0 atom stereocenters. The summed E-state index contributed by atoms with van der Waals surface area (Å²) >= 11 is 6.37.